The Hall–Kier alpha value is -0.380. The Labute approximate surface area is 106 Å². The van der Waals surface area contributed by atoms with Crippen molar-refractivity contribution in [1.82, 2.24) is 10.2 Å². The Morgan fingerprint density at radius 1 is 1.47 bits per heavy atom. The summed E-state index contributed by atoms with van der Waals surface area (Å²) in [5, 5.41) is 3.48. The van der Waals surface area contributed by atoms with Gasteiger partial charge in [-0.2, -0.15) is 0 Å². The third-order valence-electron chi connectivity index (χ3n) is 3.43. The van der Waals surface area contributed by atoms with Crippen LogP contribution in [0, 0.1) is 0 Å². The lowest BCUT2D eigenvalue weighted by Crippen LogP contribution is -2.44. The molecule has 0 aromatic carbocycles. The van der Waals surface area contributed by atoms with Gasteiger partial charge in [-0.1, -0.05) is 26.3 Å². The fourth-order valence-electron chi connectivity index (χ4n) is 2.43. The van der Waals surface area contributed by atoms with E-state index in [-0.39, 0.29) is 0 Å². The molecule has 3 nitrogen and oxygen atoms in total. The maximum atomic E-state index is 5.19. The zero-order valence-corrected chi connectivity index (χ0v) is 11.7. The van der Waals surface area contributed by atoms with Crippen molar-refractivity contribution in [3.63, 3.8) is 0 Å². The largest absolute Gasteiger partial charge is 0.380 e. The minimum Gasteiger partial charge on any atom is -0.380 e. The maximum Gasteiger partial charge on any atom is 0.0673 e. The molecule has 0 aromatic rings. The summed E-state index contributed by atoms with van der Waals surface area (Å²) in [5.74, 6) is 0. The third kappa shape index (κ3) is 5.19. The first kappa shape index (κ1) is 14.7. The molecule has 1 rings (SSSR count). The fourth-order valence-corrected chi connectivity index (χ4v) is 2.43. The molecule has 1 atom stereocenters. The summed E-state index contributed by atoms with van der Waals surface area (Å²) in [6, 6.07) is 0.695. The summed E-state index contributed by atoms with van der Waals surface area (Å²) in [6.45, 7) is 9.72. The van der Waals surface area contributed by atoms with Crippen LogP contribution in [-0.2, 0) is 4.74 Å². The van der Waals surface area contributed by atoms with E-state index in [4.69, 9.17) is 4.74 Å². The van der Waals surface area contributed by atoms with Gasteiger partial charge in [0.25, 0.3) is 0 Å². The van der Waals surface area contributed by atoms with Crippen molar-refractivity contribution in [3.8, 4) is 0 Å². The number of nitrogens with zero attached hydrogens (tertiary/aromatic N) is 1. The van der Waals surface area contributed by atoms with Crippen molar-refractivity contribution >= 4 is 0 Å². The van der Waals surface area contributed by atoms with Crippen LogP contribution < -0.4 is 5.32 Å². The summed E-state index contributed by atoms with van der Waals surface area (Å²) in [4.78, 5) is 2.60. The Bertz CT molecular complexity index is 228. The highest BCUT2D eigenvalue weighted by Gasteiger charge is 2.19. The number of nitrogens with one attached hydrogen (secondary N) is 1. The van der Waals surface area contributed by atoms with Crippen LogP contribution in [-0.4, -0.2) is 50.8 Å². The molecule has 0 aromatic heterocycles. The van der Waals surface area contributed by atoms with Crippen LogP contribution in [0.5, 0.6) is 0 Å². The van der Waals surface area contributed by atoms with Gasteiger partial charge in [-0.15, -0.1) is 0 Å². The first-order chi connectivity index (χ1) is 8.31. The molecule has 0 spiro atoms. The van der Waals surface area contributed by atoms with Gasteiger partial charge in [0.2, 0.25) is 0 Å². The number of hydrogen-bond acceptors (Lipinski definition) is 3. The molecular formula is C14H28N2O. The molecule has 100 valence electrons. The topological polar surface area (TPSA) is 24.5 Å². The molecule has 0 aliphatic carbocycles. The molecule has 0 amide bonds. The van der Waals surface area contributed by atoms with Crippen LogP contribution in [0.4, 0.5) is 0 Å². The SMILES string of the molecule is CCCC(CNCC)N1CC=C(COC)CC1. The number of hydrogen-bond donors (Lipinski definition) is 1. The zero-order chi connectivity index (χ0) is 12.5. The fraction of sp³-hybridized carbons (Fsp3) is 0.857. The summed E-state index contributed by atoms with van der Waals surface area (Å²) in [7, 11) is 1.78. The summed E-state index contributed by atoms with van der Waals surface area (Å²) >= 11 is 0. The van der Waals surface area contributed by atoms with Gasteiger partial charge in [-0.3, -0.25) is 4.90 Å². The molecule has 0 saturated carbocycles. The van der Waals surface area contributed by atoms with Crippen molar-refractivity contribution in [1.29, 1.82) is 0 Å². The smallest absolute Gasteiger partial charge is 0.0673 e. The molecule has 0 bridgehead atoms. The van der Waals surface area contributed by atoms with Gasteiger partial charge in [0.1, 0.15) is 0 Å². The van der Waals surface area contributed by atoms with Gasteiger partial charge in [0.05, 0.1) is 6.61 Å². The quantitative estimate of drug-likeness (QED) is 0.657. The zero-order valence-electron chi connectivity index (χ0n) is 11.7. The van der Waals surface area contributed by atoms with E-state index in [1.165, 1.54) is 31.4 Å². The molecule has 1 N–H and O–H groups in total. The molecular weight excluding hydrogens is 212 g/mol. The van der Waals surface area contributed by atoms with E-state index < -0.39 is 0 Å². The summed E-state index contributed by atoms with van der Waals surface area (Å²) in [5.41, 5.74) is 1.46. The Morgan fingerprint density at radius 2 is 2.29 bits per heavy atom. The number of ether oxygens (including phenoxy) is 1. The van der Waals surface area contributed by atoms with Crippen molar-refractivity contribution in [2.24, 2.45) is 0 Å². The predicted octanol–water partition coefficient (Wildman–Crippen LogP) is 2.04. The van der Waals surface area contributed by atoms with E-state index >= 15 is 0 Å². The van der Waals surface area contributed by atoms with E-state index in [1.54, 1.807) is 7.11 Å². The monoisotopic (exact) mass is 240 g/mol. The summed E-state index contributed by atoms with van der Waals surface area (Å²) in [6.07, 6.45) is 6.07. The van der Waals surface area contributed by atoms with Crippen LogP contribution in [0.15, 0.2) is 11.6 Å². The van der Waals surface area contributed by atoms with Gasteiger partial charge in [0, 0.05) is 32.8 Å². The van der Waals surface area contributed by atoms with Gasteiger partial charge in [-0.25, -0.2) is 0 Å². The van der Waals surface area contributed by atoms with Crippen LogP contribution >= 0.6 is 0 Å². The Morgan fingerprint density at radius 3 is 2.82 bits per heavy atom. The second-order valence-corrected chi connectivity index (χ2v) is 4.79. The van der Waals surface area contributed by atoms with E-state index in [0.29, 0.717) is 6.04 Å². The lowest BCUT2D eigenvalue weighted by atomic mass is 10.0. The molecule has 0 fully saturated rings. The minimum absolute atomic E-state index is 0.695. The highest BCUT2D eigenvalue weighted by molar-refractivity contribution is 5.08. The molecule has 0 saturated heterocycles. The number of likely N-dealkylation sites (N-methyl/N-ethyl adjacent to an activating group) is 1. The highest BCUT2D eigenvalue weighted by Crippen LogP contribution is 2.15. The van der Waals surface area contributed by atoms with Crippen LogP contribution in [0.1, 0.15) is 33.1 Å². The number of methoxy groups -OCH3 is 1. The first-order valence-electron chi connectivity index (χ1n) is 6.93. The van der Waals surface area contributed by atoms with E-state index in [9.17, 15) is 0 Å². The average Bonchev–Trinajstić information content (AvgIpc) is 2.36. The summed E-state index contributed by atoms with van der Waals surface area (Å²) < 4.78 is 5.19. The molecule has 1 heterocycles. The van der Waals surface area contributed by atoms with Gasteiger partial charge >= 0.3 is 0 Å². The van der Waals surface area contributed by atoms with Crippen molar-refractivity contribution < 1.29 is 4.74 Å². The molecule has 17 heavy (non-hydrogen) atoms. The average molecular weight is 240 g/mol. The van der Waals surface area contributed by atoms with Crippen molar-refractivity contribution in [2.75, 3.05) is 39.9 Å². The lowest BCUT2D eigenvalue weighted by Gasteiger charge is -2.34. The lowest BCUT2D eigenvalue weighted by molar-refractivity contribution is 0.179. The van der Waals surface area contributed by atoms with Crippen molar-refractivity contribution in [3.05, 3.63) is 11.6 Å². The molecule has 0 radical (unpaired) electrons. The van der Waals surface area contributed by atoms with Crippen LogP contribution in [0.25, 0.3) is 0 Å². The normalized spacial score (nSPS) is 19.1. The Balaban J connectivity index is 2.42. The van der Waals surface area contributed by atoms with E-state index in [1.807, 2.05) is 0 Å². The first-order valence-corrected chi connectivity index (χ1v) is 6.93. The van der Waals surface area contributed by atoms with E-state index in [2.05, 4.69) is 30.1 Å². The van der Waals surface area contributed by atoms with Gasteiger partial charge in [-0.05, 0) is 25.0 Å². The number of rotatable bonds is 8. The van der Waals surface area contributed by atoms with Crippen LogP contribution in [0.2, 0.25) is 0 Å². The molecule has 1 aliphatic heterocycles. The van der Waals surface area contributed by atoms with Crippen LogP contribution in [0.3, 0.4) is 0 Å². The molecule has 1 unspecified atom stereocenters. The highest BCUT2D eigenvalue weighted by atomic mass is 16.5. The van der Waals surface area contributed by atoms with Crippen molar-refractivity contribution in [2.45, 2.75) is 39.2 Å². The standard InChI is InChI=1S/C14H28N2O/c1-4-6-14(11-15-5-2)16-9-7-13(8-10-16)12-17-3/h7,14-15H,4-6,8-12H2,1-3H3. The minimum atomic E-state index is 0.695. The molecule has 3 heteroatoms. The van der Waals surface area contributed by atoms with E-state index in [0.717, 1.165) is 26.2 Å². The van der Waals surface area contributed by atoms with Gasteiger partial charge in [0.15, 0.2) is 0 Å². The second kappa shape index (κ2) is 8.67. The molecule has 1 aliphatic rings. The third-order valence-corrected chi connectivity index (χ3v) is 3.43. The predicted molar refractivity (Wildman–Crippen MR) is 73.4 cm³/mol. The second-order valence-electron chi connectivity index (χ2n) is 4.79. The van der Waals surface area contributed by atoms with Gasteiger partial charge < -0.3 is 10.1 Å². The Kier molecular flexibility index (Phi) is 7.49. The maximum absolute atomic E-state index is 5.19.